The Morgan fingerprint density at radius 2 is 2.11 bits per heavy atom. The van der Waals surface area contributed by atoms with Gasteiger partial charge in [-0.1, -0.05) is 30.3 Å². The molecule has 2 heterocycles. The third-order valence-corrected chi connectivity index (χ3v) is 3.51. The number of aromatic amines is 1. The Balaban J connectivity index is 1.74. The summed E-state index contributed by atoms with van der Waals surface area (Å²) in [5.41, 5.74) is 4.56. The van der Waals surface area contributed by atoms with Crippen molar-refractivity contribution in [3.63, 3.8) is 0 Å². The number of benzene rings is 1. The van der Waals surface area contributed by atoms with Gasteiger partial charge in [-0.2, -0.15) is 5.26 Å². The van der Waals surface area contributed by atoms with Crippen LogP contribution in [0.3, 0.4) is 0 Å². The Labute approximate surface area is 107 Å². The molecule has 1 aliphatic rings. The minimum Gasteiger partial charge on any atom is -0.362 e. The highest BCUT2D eigenvalue weighted by Crippen LogP contribution is 2.22. The summed E-state index contributed by atoms with van der Waals surface area (Å²) in [6.45, 7) is 2.90. The standard InChI is InChI=1S/C15H15N3/c16-8-13-9-17-15-11-18(7-6-14(13)15)10-12-4-2-1-3-5-12/h1-5,9,17H,6-7,10-11H2. The molecule has 0 fully saturated rings. The molecule has 1 aliphatic heterocycles. The van der Waals surface area contributed by atoms with E-state index >= 15 is 0 Å². The summed E-state index contributed by atoms with van der Waals surface area (Å²) in [6.07, 6.45) is 2.80. The highest BCUT2D eigenvalue weighted by Gasteiger charge is 2.20. The Bertz CT molecular complexity index is 578. The predicted molar refractivity (Wildman–Crippen MR) is 69.8 cm³/mol. The molecule has 3 rings (SSSR count). The normalized spacial score (nSPS) is 15.1. The quantitative estimate of drug-likeness (QED) is 0.871. The molecule has 3 nitrogen and oxygen atoms in total. The lowest BCUT2D eigenvalue weighted by Gasteiger charge is -2.26. The van der Waals surface area contributed by atoms with Gasteiger partial charge < -0.3 is 4.98 Å². The van der Waals surface area contributed by atoms with Crippen LogP contribution in [0.2, 0.25) is 0 Å². The van der Waals surface area contributed by atoms with Crippen LogP contribution in [0, 0.1) is 11.3 Å². The topological polar surface area (TPSA) is 42.8 Å². The van der Waals surface area contributed by atoms with Crippen LogP contribution in [-0.2, 0) is 19.5 Å². The minimum atomic E-state index is 0.810. The summed E-state index contributed by atoms with van der Waals surface area (Å²) in [5, 5.41) is 9.00. The van der Waals surface area contributed by atoms with Gasteiger partial charge in [0.15, 0.2) is 0 Å². The van der Waals surface area contributed by atoms with Crippen molar-refractivity contribution in [3.8, 4) is 6.07 Å². The maximum Gasteiger partial charge on any atom is 0.101 e. The van der Waals surface area contributed by atoms with Crippen molar-refractivity contribution in [2.75, 3.05) is 6.54 Å². The second kappa shape index (κ2) is 4.67. The molecular weight excluding hydrogens is 222 g/mol. The minimum absolute atomic E-state index is 0.810. The SMILES string of the molecule is N#Cc1c[nH]c2c1CCN(Cc1ccccc1)C2. The van der Waals surface area contributed by atoms with Gasteiger partial charge in [-0.15, -0.1) is 0 Å². The fourth-order valence-corrected chi connectivity index (χ4v) is 2.57. The molecule has 0 spiro atoms. The van der Waals surface area contributed by atoms with Crippen molar-refractivity contribution in [1.82, 2.24) is 9.88 Å². The second-order valence-corrected chi connectivity index (χ2v) is 4.72. The van der Waals surface area contributed by atoms with E-state index in [1.54, 1.807) is 0 Å². The molecule has 0 radical (unpaired) electrons. The largest absolute Gasteiger partial charge is 0.362 e. The maximum atomic E-state index is 9.00. The van der Waals surface area contributed by atoms with Gasteiger partial charge >= 0.3 is 0 Å². The number of nitrogens with one attached hydrogen (secondary N) is 1. The van der Waals surface area contributed by atoms with Crippen LogP contribution < -0.4 is 0 Å². The van der Waals surface area contributed by atoms with Crippen molar-refractivity contribution < 1.29 is 0 Å². The third kappa shape index (κ3) is 2.03. The van der Waals surface area contributed by atoms with E-state index in [2.05, 4.69) is 40.2 Å². The second-order valence-electron chi connectivity index (χ2n) is 4.72. The van der Waals surface area contributed by atoms with Crippen LogP contribution in [-0.4, -0.2) is 16.4 Å². The fourth-order valence-electron chi connectivity index (χ4n) is 2.57. The summed E-state index contributed by atoms with van der Waals surface area (Å²) < 4.78 is 0. The first-order valence-electron chi connectivity index (χ1n) is 6.22. The number of fused-ring (bicyclic) bond motifs is 1. The maximum absolute atomic E-state index is 9.00. The lowest BCUT2D eigenvalue weighted by molar-refractivity contribution is 0.243. The summed E-state index contributed by atoms with van der Waals surface area (Å²) in [7, 11) is 0. The van der Waals surface area contributed by atoms with E-state index in [0.717, 1.165) is 31.6 Å². The van der Waals surface area contributed by atoms with Gasteiger partial charge in [0, 0.05) is 31.5 Å². The number of aromatic nitrogens is 1. The number of nitriles is 1. The van der Waals surface area contributed by atoms with E-state index < -0.39 is 0 Å². The van der Waals surface area contributed by atoms with E-state index in [0.29, 0.717) is 0 Å². The van der Waals surface area contributed by atoms with Crippen molar-refractivity contribution in [2.45, 2.75) is 19.5 Å². The van der Waals surface area contributed by atoms with Crippen molar-refractivity contribution >= 4 is 0 Å². The number of hydrogen-bond acceptors (Lipinski definition) is 2. The van der Waals surface area contributed by atoms with Gasteiger partial charge in [0.05, 0.1) is 5.56 Å². The Hall–Kier alpha value is -2.05. The summed E-state index contributed by atoms with van der Waals surface area (Å²) >= 11 is 0. The van der Waals surface area contributed by atoms with Crippen LogP contribution in [0.25, 0.3) is 0 Å². The van der Waals surface area contributed by atoms with Gasteiger partial charge in [-0.3, -0.25) is 4.90 Å². The number of nitrogens with zero attached hydrogens (tertiary/aromatic N) is 2. The van der Waals surface area contributed by atoms with Crippen molar-refractivity contribution in [3.05, 3.63) is 58.9 Å². The fraction of sp³-hybridized carbons (Fsp3) is 0.267. The van der Waals surface area contributed by atoms with E-state index in [9.17, 15) is 0 Å². The molecule has 0 bridgehead atoms. The van der Waals surface area contributed by atoms with Gasteiger partial charge in [0.1, 0.15) is 6.07 Å². The number of H-pyrrole nitrogens is 1. The zero-order valence-corrected chi connectivity index (χ0v) is 10.2. The number of rotatable bonds is 2. The first-order chi connectivity index (χ1) is 8.86. The van der Waals surface area contributed by atoms with Gasteiger partial charge in [0.2, 0.25) is 0 Å². The zero-order valence-electron chi connectivity index (χ0n) is 10.2. The van der Waals surface area contributed by atoms with E-state index in [4.69, 9.17) is 5.26 Å². The van der Waals surface area contributed by atoms with E-state index in [1.807, 2.05) is 12.3 Å². The molecule has 0 saturated carbocycles. The molecule has 2 aromatic rings. The average Bonchev–Trinajstić information content (AvgIpc) is 2.82. The molecule has 90 valence electrons. The first-order valence-corrected chi connectivity index (χ1v) is 6.22. The lowest BCUT2D eigenvalue weighted by atomic mass is 10.0. The van der Waals surface area contributed by atoms with Crippen LogP contribution >= 0.6 is 0 Å². The van der Waals surface area contributed by atoms with Crippen LogP contribution in [0.4, 0.5) is 0 Å². The summed E-state index contributed by atoms with van der Waals surface area (Å²) in [6, 6.07) is 12.8. The molecule has 1 aromatic carbocycles. The molecule has 3 heteroatoms. The Morgan fingerprint density at radius 3 is 2.89 bits per heavy atom. The predicted octanol–water partition coefficient (Wildman–Crippen LogP) is 2.44. The highest BCUT2D eigenvalue weighted by molar-refractivity contribution is 5.41. The molecule has 1 N–H and O–H groups in total. The van der Waals surface area contributed by atoms with Gasteiger partial charge in [-0.25, -0.2) is 0 Å². The average molecular weight is 237 g/mol. The Morgan fingerprint density at radius 1 is 1.28 bits per heavy atom. The molecule has 0 saturated heterocycles. The molecular formula is C15H15N3. The first kappa shape index (κ1) is 11.1. The van der Waals surface area contributed by atoms with Crippen molar-refractivity contribution in [1.29, 1.82) is 5.26 Å². The molecule has 0 amide bonds. The summed E-state index contributed by atoms with van der Waals surface area (Å²) in [5.74, 6) is 0. The molecule has 0 atom stereocenters. The summed E-state index contributed by atoms with van der Waals surface area (Å²) in [4.78, 5) is 5.64. The molecule has 18 heavy (non-hydrogen) atoms. The molecule has 0 aliphatic carbocycles. The van der Waals surface area contributed by atoms with Crippen LogP contribution in [0.15, 0.2) is 36.5 Å². The van der Waals surface area contributed by atoms with Gasteiger partial charge in [-0.05, 0) is 17.5 Å². The lowest BCUT2D eigenvalue weighted by Crippen LogP contribution is -2.30. The molecule has 0 unspecified atom stereocenters. The highest BCUT2D eigenvalue weighted by atomic mass is 15.1. The van der Waals surface area contributed by atoms with Gasteiger partial charge in [0.25, 0.3) is 0 Å². The van der Waals surface area contributed by atoms with E-state index in [1.165, 1.54) is 16.8 Å². The third-order valence-electron chi connectivity index (χ3n) is 3.51. The smallest absolute Gasteiger partial charge is 0.101 e. The molecule has 1 aromatic heterocycles. The van der Waals surface area contributed by atoms with Crippen molar-refractivity contribution in [2.24, 2.45) is 0 Å². The van der Waals surface area contributed by atoms with E-state index in [-0.39, 0.29) is 0 Å². The van der Waals surface area contributed by atoms with Crippen LogP contribution in [0.1, 0.15) is 22.4 Å². The number of hydrogen-bond donors (Lipinski definition) is 1. The van der Waals surface area contributed by atoms with Crippen LogP contribution in [0.5, 0.6) is 0 Å². The monoisotopic (exact) mass is 237 g/mol. The Kier molecular flexibility index (Phi) is 2.87. The zero-order chi connectivity index (χ0) is 12.4.